The van der Waals surface area contributed by atoms with Crippen LogP contribution in [-0.4, -0.2) is 104 Å². The highest BCUT2D eigenvalue weighted by molar-refractivity contribution is 5.96. The molecule has 0 spiro atoms. The first-order valence-electron chi connectivity index (χ1n) is 16.8. The summed E-state index contributed by atoms with van der Waals surface area (Å²) < 4.78 is 12.7. The Morgan fingerprint density at radius 3 is 2.56 bits per heavy atom. The lowest BCUT2D eigenvalue weighted by molar-refractivity contribution is -0.131. The standard InChI is InChI=1S/C21H27N5O2.C16H16N4O2/c1-24-15-22-21(23-24)18-5-3-16(4-6-18)17-7-11-26(12-8-17)20(27)14-25-10-9-19(13-25)28-2;1-10(2)22-15-7-11(5-6-17-15)16-13-8-12(18-9-21)3-4-14(13)19-20-16/h3-7,15,19H,8-14H2,1-2H3;3-10H,1-2H3,(H,18,21)(H,19,20)/t19-;/m0./s1. The number of likely N-dealkylation sites (tertiary alicyclic amines) is 1. The fraction of sp³-hybridized carbons (Fsp3) is 0.351. The highest BCUT2D eigenvalue weighted by Gasteiger charge is 2.26. The van der Waals surface area contributed by atoms with Crippen LogP contribution in [0, 0.1) is 0 Å². The summed E-state index contributed by atoms with van der Waals surface area (Å²) in [6, 6.07) is 17.7. The number of amides is 2. The van der Waals surface area contributed by atoms with Crippen molar-refractivity contribution in [3.63, 3.8) is 0 Å². The monoisotopic (exact) mass is 677 g/mol. The van der Waals surface area contributed by atoms with Crippen LogP contribution in [0.3, 0.4) is 0 Å². The zero-order valence-corrected chi connectivity index (χ0v) is 28.9. The second kappa shape index (κ2) is 15.9. The molecule has 13 nitrogen and oxygen atoms in total. The van der Waals surface area contributed by atoms with E-state index in [9.17, 15) is 9.59 Å². The van der Waals surface area contributed by atoms with Gasteiger partial charge in [-0.25, -0.2) is 9.97 Å². The number of nitrogens with zero attached hydrogens (tertiary/aromatic N) is 7. The van der Waals surface area contributed by atoms with Gasteiger partial charge in [0.05, 0.1) is 24.3 Å². The minimum atomic E-state index is 0.0575. The van der Waals surface area contributed by atoms with Crippen molar-refractivity contribution in [2.24, 2.45) is 7.05 Å². The van der Waals surface area contributed by atoms with Gasteiger partial charge in [-0.15, -0.1) is 0 Å². The van der Waals surface area contributed by atoms with E-state index in [1.165, 1.54) is 11.1 Å². The van der Waals surface area contributed by atoms with E-state index in [0.29, 0.717) is 25.4 Å². The number of carbonyl (C=O) groups is 2. The molecule has 3 aromatic heterocycles. The number of carbonyl (C=O) groups excluding carboxylic acids is 2. The number of aromatic nitrogens is 6. The Balaban J connectivity index is 0.000000178. The van der Waals surface area contributed by atoms with Gasteiger partial charge < -0.3 is 19.7 Å². The smallest absolute Gasteiger partial charge is 0.237 e. The van der Waals surface area contributed by atoms with Crippen LogP contribution in [0.25, 0.3) is 39.1 Å². The highest BCUT2D eigenvalue weighted by Crippen LogP contribution is 2.30. The molecule has 0 unspecified atom stereocenters. The number of nitrogens with one attached hydrogen (secondary N) is 2. The largest absolute Gasteiger partial charge is 0.475 e. The van der Waals surface area contributed by atoms with Crippen molar-refractivity contribution in [2.75, 3.05) is 45.2 Å². The Morgan fingerprint density at radius 1 is 1.06 bits per heavy atom. The first-order chi connectivity index (χ1) is 24.3. The summed E-state index contributed by atoms with van der Waals surface area (Å²) in [7, 11) is 3.61. The summed E-state index contributed by atoms with van der Waals surface area (Å²) in [5.74, 6) is 1.51. The van der Waals surface area contributed by atoms with Crippen molar-refractivity contribution in [1.29, 1.82) is 0 Å². The average molecular weight is 678 g/mol. The number of hydrogen-bond acceptors (Lipinski definition) is 9. The number of fused-ring (bicyclic) bond motifs is 1. The van der Waals surface area contributed by atoms with Gasteiger partial charge in [0.1, 0.15) is 12.0 Å². The first kappa shape index (κ1) is 34.5. The van der Waals surface area contributed by atoms with Crippen molar-refractivity contribution in [1.82, 2.24) is 39.7 Å². The molecule has 2 N–H and O–H groups in total. The predicted molar refractivity (Wildman–Crippen MR) is 192 cm³/mol. The van der Waals surface area contributed by atoms with Gasteiger partial charge in [0.2, 0.25) is 18.2 Å². The summed E-state index contributed by atoms with van der Waals surface area (Å²) in [6.45, 7) is 7.65. The van der Waals surface area contributed by atoms with E-state index in [4.69, 9.17) is 9.47 Å². The van der Waals surface area contributed by atoms with E-state index in [0.717, 1.165) is 71.7 Å². The minimum Gasteiger partial charge on any atom is -0.475 e. The summed E-state index contributed by atoms with van der Waals surface area (Å²) >= 11 is 0. The van der Waals surface area contributed by atoms with Crippen LogP contribution in [0.1, 0.15) is 32.3 Å². The van der Waals surface area contributed by atoms with Gasteiger partial charge in [0.15, 0.2) is 5.82 Å². The molecule has 5 aromatic rings. The minimum absolute atomic E-state index is 0.0575. The third kappa shape index (κ3) is 8.41. The number of rotatable bonds is 10. The number of methoxy groups -OCH3 is 1. The number of aryl methyl sites for hydroxylation is 1. The second-order valence-electron chi connectivity index (χ2n) is 12.7. The topological polar surface area (TPSA) is 143 Å². The maximum absolute atomic E-state index is 12.6. The molecular formula is C37H43N9O4. The van der Waals surface area contributed by atoms with Crippen LogP contribution >= 0.6 is 0 Å². The van der Waals surface area contributed by atoms with Crippen molar-refractivity contribution < 1.29 is 19.1 Å². The Morgan fingerprint density at radius 2 is 1.88 bits per heavy atom. The lowest BCUT2D eigenvalue weighted by Gasteiger charge is -2.28. The lowest BCUT2D eigenvalue weighted by Crippen LogP contribution is -2.41. The summed E-state index contributed by atoms with van der Waals surface area (Å²) in [5.41, 5.74) is 6.82. The van der Waals surface area contributed by atoms with Crippen molar-refractivity contribution in [2.45, 2.75) is 38.9 Å². The third-order valence-electron chi connectivity index (χ3n) is 8.75. The lowest BCUT2D eigenvalue weighted by atomic mass is 9.98. The number of aromatic amines is 1. The molecule has 13 heteroatoms. The molecule has 0 saturated carbocycles. The summed E-state index contributed by atoms with van der Waals surface area (Å²) in [5, 5.41) is 15.3. The molecule has 1 atom stereocenters. The molecule has 260 valence electrons. The van der Waals surface area contributed by atoms with E-state index in [-0.39, 0.29) is 18.1 Å². The van der Waals surface area contributed by atoms with E-state index in [1.807, 2.05) is 56.1 Å². The fourth-order valence-corrected chi connectivity index (χ4v) is 6.14. The van der Waals surface area contributed by atoms with Gasteiger partial charge in [-0.2, -0.15) is 10.2 Å². The third-order valence-corrected chi connectivity index (χ3v) is 8.75. The van der Waals surface area contributed by atoms with Gasteiger partial charge in [-0.3, -0.25) is 24.3 Å². The molecule has 1 fully saturated rings. The Hall–Kier alpha value is -5.40. The van der Waals surface area contributed by atoms with Crippen LogP contribution in [0.5, 0.6) is 5.88 Å². The van der Waals surface area contributed by atoms with E-state index in [2.05, 4.69) is 65.8 Å². The maximum atomic E-state index is 12.6. The van der Waals surface area contributed by atoms with Gasteiger partial charge >= 0.3 is 0 Å². The Labute approximate surface area is 291 Å². The molecule has 2 amide bonds. The first-order valence-corrected chi connectivity index (χ1v) is 16.8. The van der Waals surface area contributed by atoms with Gasteiger partial charge in [0.25, 0.3) is 0 Å². The molecule has 1 saturated heterocycles. The number of benzene rings is 2. The molecule has 2 aliphatic heterocycles. The van der Waals surface area contributed by atoms with Crippen LogP contribution < -0.4 is 10.1 Å². The molecule has 7 rings (SSSR count). The number of pyridine rings is 1. The van der Waals surface area contributed by atoms with E-state index >= 15 is 0 Å². The second-order valence-corrected chi connectivity index (χ2v) is 12.7. The maximum Gasteiger partial charge on any atom is 0.237 e. The van der Waals surface area contributed by atoms with Crippen molar-refractivity contribution in [3.05, 3.63) is 78.8 Å². The normalized spacial score (nSPS) is 16.2. The van der Waals surface area contributed by atoms with Crippen LogP contribution in [0.4, 0.5) is 5.69 Å². The Kier molecular flexibility index (Phi) is 10.9. The molecular weight excluding hydrogens is 634 g/mol. The molecule has 5 heterocycles. The zero-order chi connectivity index (χ0) is 35.0. The summed E-state index contributed by atoms with van der Waals surface area (Å²) in [4.78, 5) is 35.8. The van der Waals surface area contributed by atoms with Gasteiger partial charge in [-0.1, -0.05) is 30.3 Å². The van der Waals surface area contributed by atoms with Crippen LogP contribution in [-0.2, 0) is 21.4 Å². The Bertz CT molecular complexity index is 1950. The molecule has 2 aliphatic rings. The van der Waals surface area contributed by atoms with Gasteiger partial charge in [0, 0.05) is 74.8 Å². The zero-order valence-electron chi connectivity index (χ0n) is 28.9. The number of H-pyrrole nitrogens is 1. The summed E-state index contributed by atoms with van der Waals surface area (Å²) in [6.07, 6.45) is 8.45. The SMILES string of the molecule is CC(C)Oc1cc(-c2n[nH]c3ccc(NC=O)cc23)ccn1.CO[C@H]1CCN(CC(=O)N2CC=C(c3ccc(-c4ncn(C)n4)cc3)CC2)C1. The number of ether oxygens (including phenoxy) is 2. The van der Waals surface area contributed by atoms with Crippen LogP contribution in [0.2, 0.25) is 0 Å². The van der Waals surface area contributed by atoms with E-state index in [1.54, 1.807) is 24.3 Å². The molecule has 0 bridgehead atoms. The quantitative estimate of drug-likeness (QED) is 0.199. The van der Waals surface area contributed by atoms with Gasteiger partial charge in [-0.05, 0) is 62.1 Å². The highest BCUT2D eigenvalue weighted by atomic mass is 16.5. The molecule has 50 heavy (non-hydrogen) atoms. The van der Waals surface area contributed by atoms with E-state index < -0.39 is 0 Å². The van der Waals surface area contributed by atoms with Crippen molar-refractivity contribution in [3.8, 4) is 28.5 Å². The van der Waals surface area contributed by atoms with Crippen LogP contribution in [0.15, 0.2) is 73.2 Å². The molecule has 0 radical (unpaired) electrons. The number of hydrogen-bond donors (Lipinski definition) is 2. The predicted octanol–water partition coefficient (Wildman–Crippen LogP) is 4.80. The molecule has 2 aromatic carbocycles. The number of anilines is 1. The van der Waals surface area contributed by atoms with Crippen molar-refractivity contribution >= 4 is 34.5 Å². The fourth-order valence-electron chi connectivity index (χ4n) is 6.14. The average Bonchev–Trinajstić information content (AvgIpc) is 3.88. The molecule has 0 aliphatic carbocycles.